The second-order valence-electron chi connectivity index (χ2n) is 7.83. The Bertz CT molecular complexity index is 326. The number of ether oxygens (including phenoxy) is 3. The maximum atomic E-state index is 11.8. The van der Waals surface area contributed by atoms with E-state index in [1.807, 2.05) is 0 Å². The van der Waals surface area contributed by atoms with E-state index in [1.165, 1.54) is 83.5 Å². The lowest BCUT2D eigenvalue weighted by Gasteiger charge is -2.06. The Morgan fingerprint density at radius 2 is 1.00 bits per heavy atom. The monoisotopic (exact) mass is 418 g/mol. The Morgan fingerprint density at radius 1 is 0.586 bits per heavy atom. The molecule has 0 atom stereocenters. The minimum Gasteiger partial charge on any atom is -0.463 e. The molecule has 174 valence electrons. The number of carbonyl (C=O) groups is 1. The zero-order valence-corrected chi connectivity index (χ0v) is 19.1. The van der Waals surface area contributed by atoms with Crippen LogP contribution < -0.4 is 0 Å². The molecule has 0 spiro atoms. The summed E-state index contributed by atoms with van der Waals surface area (Å²) in [5, 5.41) is 0. The van der Waals surface area contributed by atoms with Crippen LogP contribution in [-0.2, 0) is 19.0 Å². The Morgan fingerprint density at radius 3 is 1.48 bits per heavy atom. The average Bonchev–Trinajstić information content (AvgIpc) is 2.72. The van der Waals surface area contributed by atoms with E-state index in [0.717, 1.165) is 12.8 Å². The molecular weight excluding hydrogens is 371 g/mol. The van der Waals surface area contributed by atoms with Crippen molar-refractivity contribution in [2.75, 3.05) is 39.7 Å². The van der Waals surface area contributed by atoms with Gasteiger partial charge in [0.05, 0.1) is 26.4 Å². The zero-order valence-electron chi connectivity index (χ0n) is 19.1. The van der Waals surface area contributed by atoms with Gasteiger partial charge in [-0.3, -0.25) is 4.79 Å². The number of alkyl halides is 1. The van der Waals surface area contributed by atoms with Crippen molar-refractivity contribution < 1.29 is 23.4 Å². The molecular formula is C24H47FO4. The maximum absolute atomic E-state index is 11.8. The number of carbonyl (C=O) groups excluding carboxylic acids is 1. The van der Waals surface area contributed by atoms with Crippen LogP contribution in [0.15, 0.2) is 0 Å². The highest BCUT2D eigenvalue weighted by Crippen LogP contribution is 2.13. The molecule has 29 heavy (non-hydrogen) atoms. The van der Waals surface area contributed by atoms with Crippen LogP contribution in [0.5, 0.6) is 0 Å². The second-order valence-corrected chi connectivity index (χ2v) is 7.83. The second kappa shape index (κ2) is 25.4. The highest BCUT2D eigenvalue weighted by Gasteiger charge is 2.02. The number of esters is 1. The summed E-state index contributed by atoms with van der Waals surface area (Å²) in [4.78, 5) is 11.6. The third-order valence-electron chi connectivity index (χ3n) is 5.07. The van der Waals surface area contributed by atoms with Gasteiger partial charge in [0.15, 0.2) is 0 Å². The standard InChI is InChI=1S/C24H47FO4/c1-2-3-4-5-6-7-8-9-10-11-12-13-14-15-16-17-24(26)29-23-22-28-21-20-27-19-18-25/h2-23H2,1H3. The smallest absolute Gasteiger partial charge is 0.305 e. The SMILES string of the molecule is CCCCCCCCCCCCCCCCCC(=O)OCCOCCOCCF. The van der Waals surface area contributed by atoms with Crippen molar-refractivity contribution >= 4 is 5.97 Å². The highest BCUT2D eigenvalue weighted by molar-refractivity contribution is 5.69. The van der Waals surface area contributed by atoms with E-state index in [-0.39, 0.29) is 19.2 Å². The van der Waals surface area contributed by atoms with E-state index in [9.17, 15) is 9.18 Å². The van der Waals surface area contributed by atoms with Gasteiger partial charge in [0.2, 0.25) is 0 Å². The summed E-state index contributed by atoms with van der Waals surface area (Å²) in [6.07, 6.45) is 20.3. The van der Waals surface area contributed by atoms with Crippen molar-refractivity contribution in [1.82, 2.24) is 0 Å². The Labute approximate surface area is 179 Å². The van der Waals surface area contributed by atoms with Gasteiger partial charge >= 0.3 is 5.97 Å². The first-order valence-corrected chi connectivity index (χ1v) is 12.2. The van der Waals surface area contributed by atoms with Gasteiger partial charge in [-0.1, -0.05) is 96.8 Å². The van der Waals surface area contributed by atoms with Gasteiger partial charge < -0.3 is 14.2 Å². The van der Waals surface area contributed by atoms with E-state index in [0.29, 0.717) is 26.2 Å². The Balaban J connectivity index is 3.12. The first-order valence-electron chi connectivity index (χ1n) is 12.2. The van der Waals surface area contributed by atoms with E-state index in [2.05, 4.69) is 6.92 Å². The highest BCUT2D eigenvalue weighted by atomic mass is 19.1. The predicted octanol–water partition coefficient (Wildman–Crippen LogP) is 6.79. The normalized spacial score (nSPS) is 11.1. The summed E-state index contributed by atoms with van der Waals surface area (Å²) in [7, 11) is 0. The summed E-state index contributed by atoms with van der Waals surface area (Å²) in [5.41, 5.74) is 0. The van der Waals surface area contributed by atoms with Crippen LogP contribution in [0.3, 0.4) is 0 Å². The molecule has 0 aromatic heterocycles. The molecule has 0 unspecified atom stereocenters. The van der Waals surface area contributed by atoms with Crippen molar-refractivity contribution in [3.8, 4) is 0 Å². The number of unbranched alkanes of at least 4 members (excludes halogenated alkanes) is 14. The molecule has 0 saturated heterocycles. The number of halogens is 1. The lowest BCUT2D eigenvalue weighted by Crippen LogP contribution is -2.13. The molecule has 5 heteroatoms. The molecule has 0 aliphatic heterocycles. The molecule has 4 nitrogen and oxygen atoms in total. The van der Waals surface area contributed by atoms with Gasteiger partial charge in [-0.2, -0.15) is 0 Å². The molecule has 0 radical (unpaired) electrons. The quantitative estimate of drug-likeness (QED) is 0.128. The molecule has 0 saturated carbocycles. The lowest BCUT2D eigenvalue weighted by molar-refractivity contribution is -0.145. The summed E-state index contributed by atoms with van der Waals surface area (Å²) < 4.78 is 27.1. The number of rotatable bonds is 24. The number of hydrogen-bond acceptors (Lipinski definition) is 4. The predicted molar refractivity (Wildman–Crippen MR) is 118 cm³/mol. The molecule has 0 aliphatic carbocycles. The van der Waals surface area contributed by atoms with Crippen LogP contribution in [0.25, 0.3) is 0 Å². The van der Waals surface area contributed by atoms with Crippen molar-refractivity contribution in [2.45, 2.75) is 110 Å². The Kier molecular flexibility index (Phi) is 24.8. The zero-order chi connectivity index (χ0) is 21.3. The third-order valence-corrected chi connectivity index (χ3v) is 5.07. The molecule has 0 N–H and O–H groups in total. The summed E-state index contributed by atoms with van der Waals surface area (Å²) >= 11 is 0. The summed E-state index contributed by atoms with van der Waals surface area (Å²) in [6, 6.07) is 0. The van der Waals surface area contributed by atoms with Gasteiger partial charge in [-0.05, 0) is 6.42 Å². The molecule has 0 aromatic carbocycles. The van der Waals surface area contributed by atoms with Gasteiger partial charge in [-0.15, -0.1) is 0 Å². The van der Waals surface area contributed by atoms with Crippen molar-refractivity contribution in [1.29, 1.82) is 0 Å². The fourth-order valence-corrected chi connectivity index (χ4v) is 3.30. The topological polar surface area (TPSA) is 44.8 Å². The molecule has 0 bridgehead atoms. The minimum atomic E-state index is -0.475. The number of hydrogen-bond donors (Lipinski definition) is 0. The third kappa shape index (κ3) is 25.3. The molecule has 0 fully saturated rings. The molecule has 0 heterocycles. The average molecular weight is 419 g/mol. The van der Waals surface area contributed by atoms with E-state index in [1.54, 1.807) is 0 Å². The molecule has 0 rings (SSSR count). The largest absolute Gasteiger partial charge is 0.463 e. The van der Waals surface area contributed by atoms with Crippen LogP contribution in [0.4, 0.5) is 4.39 Å². The van der Waals surface area contributed by atoms with Crippen LogP contribution >= 0.6 is 0 Å². The van der Waals surface area contributed by atoms with Crippen LogP contribution in [-0.4, -0.2) is 45.7 Å². The van der Waals surface area contributed by atoms with Gasteiger partial charge in [0.1, 0.15) is 13.3 Å². The van der Waals surface area contributed by atoms with Crippen LogP contribution in [0.2, 0.25) is 0 Å². The fraction of sp³-hybridized carbons (Fsp3) is 0.958. The van der Waals surface area contributed by atoms with Crippen molar-refractivity contribution in [3.63, 3.8) is 0 Å². The molecule has 0 amide bonds. The lowest BCUT2D eigenvalue weighted by atomic mass is 10.0. The summed E-state index contributed by atoms with van der Waals surface area (Å²) in [6.45, 7) is 3.32. The van der Waals surface area contributed by atoms with Crippen LogP contribution in [0.1, 0.15) is 110 Å². The molecule has 0 aliphatic rings. The Hall–Kier alpha value is -0.680. The van der Waals surface area contributed by atoms with Gasteiger partial charge in [-0.25, -0.2) is 4.39 Å². The summed E-state index contributed by atoms with van der Waals surface area (Å²) in [5.74, 6) is -0.142. The van der Waals surface area contributed by atoms with E-state index < -0.39 is 6.67 Å². The van der Waals surface area contributed by atoms with Gasteiger partial charge in [0, 0.05) is 6.42 Å². The first-order chi connectivity index (χ1) is 14.3. The van der Waals surface area contributed by atoms with E-state index >= 15 is 0 Å². The van der Waals surface area contributed by atoms with E-state index in [4.69, 9.17) is 14.2 Å². The minimum absolute atomic E-state index is 0.109. The van der Waals surface area contributed by atoms with Crippen molar-refractivity contribution in [3.05, 3.63) is 0 Å². The first kappa shape index (κ1) is 28.3. The fourth-order valence-electron chi connectivity index (χ4n) is 3.30. The van der Waals surface area contributed by atoms with Gasteiger partial charge in [0.25, 0.3) is 0 Å². The maximum Gasteiger partial charge on any atom is 0.305 e. The van der Waals surface area contributed by atoms with Crippen molar-refractivity contribution in [2.24, 2.45) is 0 Å². The molecule has 0 aromatic rings. The van der Waals surface area contributed by atoms with Crippen LogP contribution in [0, 0.1) is 0 Å².